The third-order valence-corrected chi connectivity index (χ3v) is 8.85. The van der Waals surface area contributed by atoms with E-state index < -0.39 is 18.1 Å². The zero-order valence-corrected chi connectivity index (χ0v) is 26.2. The van der Waals surface area contributed by atoms with E-state index in [1.165, 1.54) is 0 Å². The van der Waals surface area contributed by atoms with Crippen LogP contribution >= 0.6 is 0 Å². The van der Waals surface area contributed by atoms with Crippen molar-refractivity contribution in [1.82, 2.24) is 15.0 Å². The summed E-state index contributed by atoms with van der Waals surface area (Å²) in [6.45, 7) is 0. The minimum Gasteiger partial charge on any atom is -0.456 e. The van der Waals surface area contributed by atoms with E-state index in [4.69, 9.17) is 33.4 Å². The number of para-hydroxylation sites is 2. The Hall–Kier alpha value is -6.85. The highest BCUT2D eigenvalue weighted by Gasteiger charge is 2.18. The average Bonchev–Trinajstić information content (AvgIpc) is 3.85. The van der Waals surface area contributed by atoms with Gasteiger partial charge < -0.3 is 8.83 Å². The second-order valence-corrected chi connectivity index (χ2v) is 11.9. The van der Waals surface area contributed by atoms with Gasteiger partial charge in [0.2, 0.25) is 0 Å². The molecule has 50 heavy (non-hydrogen) atoms. The summed E-state index contributed by atoms with van der Waals surface area (Å²) in [4.78, 5) is 15.0. The fraction of sp³-hybridized carbons (Fsp3) is 0. The van der Waals surface area contributed by atoms with E-state index in [-0.39, 0.29) is 51.7 Å². The Morgan fingerprint density at radius 2 is 0.960 bits per heavy atom. The summed E-state index contributed by atoms with van der Waals surface area (Å²) in [5, 5.41) is 1.82. The minimum absolute atomic E-state index is 0.00911. The van der Waals surface area contributed by atoms with E-state index in [0.29, 0.717) is 34.2 Å². The molecule has 3 aromatic heterocycles. The first-order valence-electron chi connectivity index (χ1n) is 19.5. The molecule has 5 heteroatoms. The molecule has 3 heterocycles. The first-order valence-corrected chi connectivity index (χ1v) is 16.0. The Balaban J connectivity index is 1.12. The van der Waals surface area contributed by atoms with Crippen LogP contribution in [0, 0.1) is 0 Å². The number of nitrogens with zero attached hydrogens (tertiary/aromatic N) is 3. The summed E-state index contributed by atoms with van der Waals surface area (Å²) < 4.78 is 72.0. The van der Waals surface area contributed by atoms with E-state index in [1.807, 2.05) is 84.9 Å². The van der Waals surface area contributed by atoms with Gasteiger partial charge in [0.25, 0.3) is 0 Å². The Labute approximate surface area is 297 Å². The molecule has 0 radical (unpaired) electrons. The summed E-state index contributed by atoms with van der Waals surface area (Å²) in [6.07, 6.45) is 0. The van der Waals surface area contributed by atoms with Crippen LogP contribution in [0.3, 0.4) is 0 Å². The number of rotatable bonds is 5. The van der Waals surface area contributed by atoms with Gasteiger partial charge in [0.05, 0.1) is 9.60 Å². The van der Waals surface area contributed by atoms with Gasteiger partial charge in [-0.3, -0.25) is 0 Å². The van der Waals surface area contributed by atoms with E-state index in [2.05, 4.69) is 12.1 Å². The van der Waals surface area contributed by atoms with Crippen molar-refractivity contribution in [3.8, 4) is 56.4 Å². The molecule has 0 saturated heterocycles. The number of benzene rings is 7. The zero-order valence-electron chi connectivity index (χ0n) is 33.2. The van der Waals surface area contributed by atoms with Crippen LogP contribution in [-0.2, 0) is 0 Å². The Morgan fingerprint density at radius 3 is 1.74 bits per heavy atom. The second-order valence-electron chi connectivity index (χ2n) is 11.9. The standard InChI is InChI=1S/C45H27N3O2/c1-2-9-28(10-3-1)29-17-21-31(22-18-29)43-46-44(48-45(47-43)37-13-8-16-40-42(37)36-12-5-7-15-39(36)49-40)32-23-19-30(20-24-32)33-25-26-35-34-11-4-6-14-38(34)50-41(35)27-33/h1-27H/i4D,6D,11D,14D,25D,26D,27D. The van der Waals surface area contributed by atoms with Gasteiger partial charge in [-0.05, 0) is 52.5 Å². The van der Waals surface area contributed by atoms with Crippen molar-refractivity contribution in [3.05, 3.63) is 164 Å². The van der Waals surface area contributed by atoms with Gasteiger partial charge in [-0.15, -0.1) is 0 Å². The van der Waals surface area contributed by atoms with E-state index in [1.54, 1.807) is 24.3 Å². The number of furan rings is 2. The van der Waals surface area contributed by atoms with Crippen molar-refractivity contribution in [3.63, 3.8) is 0 Å². The fourth-order valence-corrected chi connectivity index (χ4v) is 6.39. The maximum atomic E-state index is 9.09. The van der Waals surface area contributed by atoms with Gasteiger partial charge in [-0.2, -0.15) is 0 Å². The molecule has 0 N–H and O–H groups in total. The Morgan fingerprint density at radius 1 is 0.380 bits per heavy atom. The number of aromatic nitrogens is 3. The summed E-state index contributed by atoms with van der Waals surface area (Å²) in [6, 6.07) is 36.4. The maximum absolute atomic E-state index is 9.09. The third kappa shape index (κ3) is 4.75. The normalized spacial score (nSPS) is 13.6. The first-order chi connectivity index (χ1) is 27.7. The van der Waals surface area contributed by atoms with E-state index >= 15 is 0 Å². The van der Waals surface area contributed by atoms with Crippen LogP contribution in [0.15, 0.2) is 172 Å². The molecule has 0 bridgehead atoms. The average molecular weight is 649 g/mol. The van der Waals surface area contributed by atoms with Crippen molar-refractivity contribution >= 4 is 43.9 Å². The third-order valence-electron chi connectivity index (χ3n) is 8.85. The van der Waals surface area contributed by atoms with Gasteiger partial charge in [0, 0.05) is 38.2 Å². The topological polar surface area (TPSA) is 65.0 Å². The van der Waals surface area contributed by atoms with Crippen LogP contribution in [0.5, 0.6) is 0 Å². The SMILES string of the molecule is [2H]c1c([2H])c([2H])c2c(oc3c([2H])c(-c4ccc(-c5nc(-c6ccc(-c7ccccc7)cc6)nc(-c6cccc7oc8ccccc8c67)n5)cc4)c([2H])c([2H])c32)c1[2H]. The van der Waals surface area contributed by atoms with Crippen LogP contribution in [0.1, 0.15) is 9.60 Å². The molecular formula is C45H27N3O2. The molecule has 10 aromatic rings. The molecule has 5 nitrogen and oxygen atoms in total. The molecule has 0 spiro atoms. The van der Waals surface area contributed by atoms with E-state index in [9.17, 15) is 0 Å². The zero-order chi connectivity index (χ0) is 39.1. The molecule has 0 aliphatic rings. The van der Waals surface area contributed by atoms with Crippen LogP contribution in [0.4, 0.5) is 0 Å². The molecule has 0 amide bonds. The van der Waals surface area contributed by atoms with Gasteiger partial charge >= 0.3 is 0 Å². The molecular weight excluding hydrogens is 615 g/mol. The lowest BCUT2D eigenvalue weighted by atomic mass is 10.0. The number of fused-ring (bicyclic) bond motifs is 6. The van der Waals surface area contributed by atoms with Gasteiger partial charge in [-0.25, -0.2) is 15.0 Å². The first kappa shape index (κ1) is 21.9. The molecule has 234 valence electrons. The predicted octanol–water partition coefficient (Wildman–Crippen LogP) is 12.0. The lowest BCUT2D eigenvalue weighted by molar-refractivity contribution is 0.668. The molecule has 0 atom stereocenters. The monoisotopic (exact) mass is 648 g/mol. The van der Waals surface area contributed by atoms with Gasteiger partial charge in [-0.1, -0.05) is 133 Å². The smallest absolute Gasteiger partial charge is 0.164 e. The molecule has 0 saturated carbocycles. The summed E-state index contributed by atoms with van der Waals surface area (Å²) >= 11 is 0. The quantitative estimate of drug-likeness (QED) is 0.186. The summed E-state index contributed by atoms with van der Waals surface area (Å²) in [5.74, 6) is 1.32. The molecule has 0 aliphatic heterocycles. The van der Waals surface area contributed by atoms with Crippen molar-refractivity contribution < 1.29 is 18.4 Å². The van der Waals surface area contributed by atoms with Crippen LogP contribution < -0.4 is 0 Å². The highest BCUT2D eigenvalue weighted by molar-refractivity contribution is 6.11. The van der Waals surface area contributed by atoms with Crippen molar-refractivity contribution in [1.29, 1.82) is 0 Å². The molecule has 10 rings (SSSR count). The van der Waals surface area contributed by atoms with Crippen LogP contribution in [0.2, 0.25) is 0 Å². The molecule has 7 aromatic carbocycles. The number of hydrogen-bond donors (Lipinski definition) is 0. The second kappa shape index (κ2) is 11.4. The highest BCUT2D eigenvalue weighted by Crippen LogP contribution is 2.37. The van der Waals surface area contributed by atoms with Crippen molar-refractivity contribution in [2.75, 3.05) is 0 Å². The summed E-state index contributed by atoms with van der Waals surface area (Å²) in [7, 11) is 0. The van der Waals surface area contributed by atoms with Gasteiger partial charge in [0.1, 0.15) is 22.3 Å². The predicted molar refractivity (Wildman–Crippen MR) is 202 cm³/mol. The Bertz CT molecular complexity index is 3250. The van der Waals surface area contributed by atoms with E-state index in [0.717, 1.165) is 38.6 Å². The van der Waals surface area contributed by atoms with Crippen molar-refractivity contribution in [2.45, 2.75) is 0 Å². The van der Waals surface area contributed by atoms with Crippen LogP contribution in [0.25, 0.3) is 100 Å². The molecule has 0 unspecified atom stereocenters. The van der Waals surface area contributed by atoms with Crippen LogP contribution in [-0.4, -0.2) is 15.0 Å². The van der Waals surface area contributed by atoms with Crippen molar-refractivity contribution in [2.24, 2.45) is 0 Å². The maximum Gasteiger partial charge on any atom is 0.164 e. The molecule has 0 aliphatic carbocycles. The lowest BCUT2D eigenvalue weighted by Crippen LogP contribution is -2.00. The Kier molecular flexibility index (Phi) is 4.99. The fourth-order valence-electron chi connectivity index (χ4n) is 6.39. The largest absolute Gasteiger partial charge is 0.456 e. The number of hydrogen-bond acceptors (Lipinski definition) is 5. The lowest BCUT2D eigenvalue weighted by Gasteiger charge is -2.10. The minimum atomic E-state index is -0.477. The molecule has 0 fully saturated rings. The van der Waals surface area contributed by atoms with Gasteiger partial charge in [0.15, 0.2) is 17.5 Å². The summed E-state index contributed by atoms with van der Waals surface area (Å²) in [5.41, 5.74) is 6.18. The highest BCUT2D eigenvalue weighted by atomic mass is 16.3.